The highest BCUT2D eigenvalue weighted by atomic mass is 35.5. The van der Waals surface area contributed by atoms with Crippen LogP contribution >= 0.6 is 23.2 Å². The summed E-state index contributed by atoms with van der Waals surface area (Å²) < 4.78 is 0. The zero-order valence-electron chi connectivity index (χ0n) is 20.3. The summed E-state index contributed by atoms with van der Waals surface area (Å²) in [6.45, 7) is 5.02. The van der Waals surface area contributed by atoms with Crippen molar-refractivity contribution in [3.05, 3.63) is 105 Å². The van der Waals surface area contributed by atoms with Crippen molar-refractivity contribution in [1.29, 1.82) is 0 Å². The van der Waals surface area contributed by atoms with Gasteiger partial charge in [-0.15, -0.1) is 0 Å². The van der Waals surface area contributed by atoms with Gasteiger partial charge < -0.3 is 10.2 Å². The molecule has 0 fully saturated rings. The molecule has 35 heavy (non-hydrogen) atoms. The molecule has 0 heterocycles. The molecule has 0 saturated heterocycles. The van der Waals surface area contributed by atoms with E-state index in [0.717, 1.165) is 35.1 Å². The first-order valence-corrected chi connectivity index (χ1v) is 12.7. The van der Waals surface area contributed by atoms with Crippen molar-refractivity contribution in [2.24, 2.45) is 0 Å². The molecule has 0 aliphatic rings. The van der Waals surface area contributed by atoms with Crippen molar-refractivity contribution in [1.82, 2.24) is 10.2 Å². The largest absolute Gasteiger partial charge is 0.354 e. The maximum Gasteiger partial charge on any atom is 0.243 e. The fourth-order valence-electron chi connectivity index (χ4n) is 3.88. The van der Waals surface area contributed by atoms with Gasteiger partial charge in [0.2, 0.25) is 11.8 Å². The molecule has 184 valence electrons. The van der Waals surface area contributed by atoms with Crippen LogP contribution in [0.1, 0.15) is 42.0 Å². The number of unbranched alkanes of at least 4 members (excludes halogenated alkanes) is 1. The van der Waals surface area contributed by atoms with Crippen LogP contribution in [0, 0.1) is 6.92 Å². The van der Waals surface area contributed by atoms with Crippen LogP contribution in [0.5, 0.6) is 0 Å². The quantitative estimate of drug-likeness (QED) is 0.303. The van der Waals surface area contributed by atoms with Crippen molar-refractivity contribution in [2.75, 3.05) is 6.54 Å². The van der Waals surface area contributed by atoms with Gasteiger partial charge in [-0.1, -0.05) is 103 Å². The molecule has 2 amide bonds. The minimum Gasteiger partial charge on any atom is -0.354 e. The molecule has 0 aliphatic heterocycles. The first-order valence-electron chi connectivity index (χ1n) is 12.0. The van der Waals surface area contributed by atoms with Crippen molar-refractivity contribution in [3.8, 4) is 0 Å². The molecule has 0 radical (unpaired) electrons. The van der Waals surface area contributed by atoms with E-state index in [1.54, 1.807) is 23.1 Å². The third-order valence-electron chi connectivity index (χ3n) is 5.91. The molecule has 3 aromatic rings. The maximum absolute atomic E-state index is 13.7. The molecule has 6 heteroatoms. The molecule has 0 bridgehead atoms. The average molecular weight is 511 g/mol. The van der Waals surface area contributed by atoms with Crippen molar-refractivity contribution >= 4 is 35.0 Å². The molecule has 0 aromatic heterocycles. The molecular weight excluding hydrogens is 479 g/mol. The predicted octanol–water partition coefficient (Wildman–Crippen LogP) is 6.40. The van der Waals surface area contributed by atoms with Crippen LogP contribution < -0.4 is 5.32 Å². The number of amides is 2. The smallest absolute Gasteiger partial charge is 0.243 e. The number of carbonyl (C=O) groups is 2. The average Bonchev–Trinajstić information content (AvgIpc) is 2.85. The van der Waals surface area contributed by atoms with Gasteiger partial charge in [0.15, 0.2) is 0 Å². The normalized spacial score (nSPS) is 11.7. The summed E-state index contributed by atoms with van der Waals surface area (Å²) in [5, 5.41) is 3.89. The summed E-state index contributed by atoms with van der Waals surface area (Å²) in [4.78, 5) is 28.8. The second-order valence-electron chi connectivity index (χ2n) is 8.78. The first kappa shape index (κ1) is 26.8. The third kappa shape index (κ3) is 8.12. The van der Waals surface area contributed by atoms with E-state index < -0.39 is 6.04 Å². The van der Waals surface area contributed by atoms with Gasteiger partial charge in [0.25, 0.3) is 0 Å². The van der Waals surface area contributed by atoms with E-state index in [2.05, 4.69) is 12.2 Å². The Kier molecular flexibility index (Phi) is 10.2. The van der Waals surface area contributed by atoms with Crippen LogP contribution in [0.25, 0.3) is 0 Å². The van der Waals surface area contributed by atoms with Crippen molar-refractivity contribution in [3.63, 3.8) is 0 Å². The van der Waals surface area contributed by atoms with Gasteiger partial charge >= 0.3 is 0 Å². The summed E-state index contributed by atoms with van der Waals surface area (Å²) in [5.41, 5.74) is 3.86. The topological polar surface area (TPSA) is 49.4 Å². The van der Waals surface area contributed by atoms with Crippen molar-refractivity contribution in [2.45, 2.75) is 52.1 Å². The van der Waals surface area contributed by atoms with Crippen LogP contribution in [0.4, 0.5) is 0 Å². The summed E-state index contributed by atoms with van der Waals surface area (Å²) in [6.07, 6.45) is 2.42. The Balaban J connectivity index is 1.94. The van der Waals surface area contributed by atoms with Gasteiger partial charge in [0.05, 0.1) is 16.5 Å². The van der Waals surface area contributed by atoms with Crippen LogP contribution in [0.3, 0.4) is 0 Å². The summed E-state index contributed by atoms with van der Waals surface area (Å²) >= 11 is 12.3. The fraction of sp³-hybridized carbons (Fsp3) is 0.310. The molecule has 3 rings (SSSR count). The number of benzene rings is 3. The standard InChI is InChI=1S/C29H32Cl2N2O2/c1-3-4-16-32-29(35)27(18-22-8-6-5-7-9-22)33(20-23-12-10-21(2)11-13-23)28(34)19-24-14-15-25(30)26(31)17-24/h5-15,17,27H,3-4,16,18-20H2,1-2H3,(H,32,35). The minimum atomic E-state index is -0.647. The number of halogens is 2. The summed E-state index contributed by atoms with van der Waals surface area (Å²) in [6, 6.07) is 22.4. The molecule has 1 N–H and O–H groups in total. The summed E-state index contributed by atoms with van der Waals surface area (Å²) in [5.74, 6) is -0.285. The number of nitrogens with zero attached hydrogens (tertiary/aromatic N) is 1. The molecule has 4 nitrogen and oxygen atoms in total. The van der Waals surface area contributed by atoms with Gasteiger partial charge in [-0.2, -0.15) is 0 Å². The lowest BCUT2D eigenvalue weighted by Gasteiger charge is -2.32. The van der Waals surface area contributed by atoms with Gasteiger partial charge in [0, 0.05) is 19.5 Å². The predicted molar refractivity (Wildman–Crippen MR) is 144 cm³/mol. The lowest BCUT2D eigenvalue weighted by Crippen LogP contribution is -2.51. The zero-order chi connectivity index (χ0) is 25.2. The van der Waals surface area contributed by atoms with Gasteiger partial charge in [-0.3, -0.25) is 9.59 Å². The Labute approximate surface area is 218 Å². The van der Waals surface area contributed by atoms with Crippen LogP contribution in [-0.4, -0.2) is 29.3 Å². The van der Waals surface area contributed by atoms with Crippen LogP contribution in [-0.2, 0) is 29.0 Å². The van der Waals surface area contributed by atoms with Gasteiger partial charge in [-0.05, 0) is 42.2 Å². The molecule has 0 aliphatic carbocycles. The minimum absolute atomic E-state index is 0.121. The Morgan fingerprint density at radius 1 is 0.886 bits per heavy atom. The van der Waals surface area contributed by atoms with E-state index in [4.69, 9.17) is 23.2 Å². The van der Waals surface area contributed by atoms with E-state index in [9.17, 15) is 9.59 Å². The molecular formula is C29H32Cl2N2O2. The van der Waals surface area contributed by atoms with E-state index >= 15 is 0 Å². The van der Waals surface area contributed by atoms with Crippen molar-refractivity contribution < 1.29 is 9.59 Å². The Bertz CT molecular complexity index is 1120. The third-order valence-corrected chi connectivity index (χ3v) is 6.65. The lowest BCUT2D eigenvalue weighted by molar-refractivity contribution is -0.140. The number of carbonyl (C=O) groups excluding carboxylic acids is 2. The van der Waals surface area contributed by atoms with E-state index in [0.29, 0.717) is 29.6 Å². The Hall–Kier alpha value is -2.82. The molecule has 3 aromatic carbocycles. The fourth-order valence-corrected chi connectivity index (χ4v) is 4.20. The highest BCUT2D eigenvalue weighted by molar-refractivity contribution is 6.42. The number of nitrogens with one attached hydrogen (secondary N) is 1. The number of rotatable bonds is 11. The number of aryl methyl sites for hydroxylation is 1. The van der Waals surface area contributed by atoms with Crippen LogP contribution in [0.15, 0.2) is 72.8 Å². The Morgan fingerprint density at radius 3 is 2.23 bits per heavy atom. The zero-order valence-corrected chi connectivity index (χ0v) is 21.8. The molecule has 0 saturated carbocycles. The van der Waals surface area contributed by atoms with E-state index in [-0.39, 0.29) is 18.2 Å². The highest BCUT2D eigenvalue weighted by Gasteiger charge is 2.30. The Morgan fingerprint density at radius 2 is 1.57 bits per heavy atom. The first-order chi connectivity index (χ1) is 16.9. The second kappa shape index (κ2) is 13.3. The maximum atomic E-state index is 13.7. The highest BCUT2D eigenvalue weighted by Crippen LogP contribution is 2.24. The van der Waals surface area contributed by atoms with Crippen LogP contribution in [0.2, 0.25) is 10.0 Å². The monoisotopic (exact) mass is 510 g/mol. The molecule has 1 unspecified atom stereocenters. The van der Waals surface area contributed by atoms with E-state index in [1.165, 1.54) is 0 Å². The van der Waals surface area contributed by atoms with Gasteiger partial charge in [0.1, 0.15) is 6.04 Å². The lowest BCUT2D eigenvalue weighted by atomic mass is 10.0. The molecule has 1 atom stereocenters. The SMILES string of the molecule is CCCCNC(=O)C(Cc1ccccc1)N(Cc1ccc(C)cc1)C(=O)Cc1ccc(Cl)c(Cl)c1. The second-order valence-corrected chi connectivity index (χ2v) is 9.60. The number of hydrogen-bond acceptors (Lipinski definition) is 2. The number of hydrogen-bond donors (Lipinski definition) is 1. The molecule has 0 spiro atoms. The summed E-state index contributed by atoms with van der Waals surface area (Å²) in [7, 11) is 0. The van der Waals surface area contributed by atoms with Gasteiger partial charge in [-0.25, -0.2) is 0 Å². The van der Waals surface area contributed by atoms with E-state index in [1.807, 2.05) is 61.5 Å².